The van der Waals surface area contributed by atoms with E-state index < -0.39 is 0 Å². The molecule has 1 aliphatic heterocycles. The topological polar surface area (TPSA) is 35.5 Å². The van der Waals surface area contributed by atoms with Crippen LogP contribution in [-0.4, -0.2) is 24.8 Å². The third kappa shape index (κ3) is 8.71. The van der Waals surface area contributed by atoms with Crippen molar-refractivity contribution in [2.75, 3.05) is 6.61 Å². The molecular formula is C28H54O3. The Balaban J connectivity index is 0.000000519. The SMILES string of the molecule is CC(C)(C)C.CC(C)CC(C(=O)OC1CC2CC1C1COC(C)C21)C(C)(C)C.CCC. The zero-order chi connectivity index (χ0) is 24.1. The predicted octanol–water partition coefficient (Wildman–Crippen LogP) is 7.77. The minimum atomic E-state index is -0.0352. The maximum atomic E-state index is 12.9. The molecule has 0 N–H and O–H groups in total. The number of hydrogen-bond donors (Lipinski definition) is 0. The van der Waals surface area contributed by atoms with Gasteiger partial charge in [0.15, 0.2) is 0 Å². The Bertz CT molecular complexity index is 533. The molecule has 0 radical (unpaired) electrons. The van der Waals surface area contributed by atoms with Gasteiger partial charge in [0.2, 0.25) is 0 Å². The van der Waals surface area contributed by atoms with Crippen LogP contribution in [0.4, 0.5) is 0 Å². The van der Waals surface area contributed by atoms with Crippen LogP contribution in [0.1, 0.15) is 109 Å². The van der Waals surface area contributed by atoms with Crippen molar-refractivity contribution in [2.45, 2.75) is 121 Å². The quantitative estimate of drug-likeness (QED) is 0.421. The van der Waals surface area contributed by atoms with Crippen molar-refractivity contribution in [3.63, 3.8) is 0 Å². The van der Waals surface area contributed by atoms with Crippen LogP contribution in [0.5, 0.6) is 0 Å². The molecule has 0 amide bonds. The first-order valence-corrected chi connectivity index (χ1v) is 12.9. The highest BCUT2D eigenvalue weighted by atomic mass is 16.5. The second-order valence-corrected chi connectivity index (χ2v) is 13.4. The monoisotopic (exact) mass is 438 g/mol. The molecule has 3 rings (SSSR count). The normalized spacial score (nSPS) is 32.5. The molecule has 3 fully saturated rings. The van der Waals surface area contributed by atoms with Crippen molar-refractivity contribution in [1.29, 1.82) is 0 Å². The molecule has 3 nitrogen and oxygen atoms in total. The highest BCUT2D eigenvalue weighted by Gasteiger charge is 2.58. The third-order valence-electron chi connectivity index (χ3n) is 6.57. The molecule has 2 bridgehead atoms. The van der Waals surface area contributed by atoms with Crippen LogP contribution in [0.25, 0.3) is 0 Å². The summed E-state index contributed by atoms with van der Waals surface area (Å²) in [5.74, 6) is 3.13. The molecule has 3 heteroatoms. The Kier molecular flexibility index (Phi) is 10.6. The Morgan fingerprint density at radius 1 is 1.00 bits per heavy atom. The van der Waals surface area contributed by atoms with E-state index in [0.29, 0.717) is 41.1 Å². The second-order valence-electron chi connectivity index (χ2n) is 13.4. The highest BCUT2D eigenvalue weighted by molar-refractivity contribution is 5.73. The van der Waals surface area contributed by atoms with E-state index in [0.717, 1.165) is 19.4 Å². The van der Waals surface area contributed by atoms with Gasteiger partial charge in [-0.05, 0) is 60.7 Å². The molecule has 31 heavy (non-hydrogen) atoms. The molecule has 7 unspecified atom stereocenters. The summed E-state index contributed by atoms with van der Waals surface area (Å²) in [4.78, 5) is 12.9. The standard InChI is InChI=1S/C20H34O3.C5H12.C3H8/c1-11(2)7-16(20(4,5)6)19(21)23-17-9-13-8-14(17)15-10-22-12(3)18(13)15;1-5(2,3)4;1-3-2/h11-18H,7-10H2,1-6H3;1-4H3;3H2,1-2H3. The van der Waals surface area contributed by atoms with Gasteiger partial charge >= 0.3 is 5.97 Å². The smallest absolute Gasteiger partial charge is 0.309 e. The van der Waals surface area contributed by atoms with E-state index in [9.17, 15) is 4.79 Å². The maximum absolute atomic E-state index is 12.9. The number of carbonyl (C=O) groups is 1. The molecule has 0 aromatic rings. The summed E-state index contributed by atoms with van der Waals surface area (Å²) < 4.78 is 12.0. The van der Waals surface area contributed by atoms with E-state index in [-0.39, 0.29) is 23.4 Å². The van der Waals surface area contributed by atoms with Gasteiger partial charge in [-0.2, -0.15) is 0 Å². The van der Waals surface area contributed by atoms with Crippen LogP contribution in [-0.2, 0) is 14.3 Å². The molecule has 1 saturated heterocycles. The molecule has 3 aliphatic rings. The second kappa shape index (κ2) is 11.5. The number of ether oxygens (including phenoxy) is 2. The molecule has 0 spiro atoms. The zero-order valence-corrected chi connectivity index (χ0v) is 22.9. The van der Waals surface area contributed by atoms with Gasteiger partial charge in [-0.1, -0.05) is 82.6 Å². The van der Waals surface area contributed by atoms with E-state index in [2.05, 4.69) is 83.1 Å². The Labute approximate surface area is 194 Å². The molecule has 184 valence electrons. The minimum absolute atomic E-state index is 0.00354. The van der Waals surface area contributed by atoms with Crippen LogP contribution in [0, 0.1) is 46.3 Å². The molecule has 2 saturated carbocycles. The highest BCUT2D eigenvalue weighted by Crippen LogP contribution is 2.57. The van der Waals surface area contributed by atoms with E-state index in [1.807, 2.05) is 0 Å². The van der Waals surface area contributed by atoms with Crippen molar-refractivity contribution in [2.24, 2.45) is 46.3 Å². The molecule has 2 aliphatic carbocycles. The summed E-state index contributed by atoms with van der Waals surface area (Å²) in [6.07, 6.45) is 5.00. The lowest BCUT2D eigenvalue weighted by atomic mass is 9.75. The van der Waals surface area contributed by atoms with Crippen LogP contribution in [0.3, 0.4) is 0 Å². The van der Waals surface area contributed by atoms with Crippen LogP contribution >= 0.6 is 0 Å². The fraction of sp³-hybridized carbons (Fsp3) is 0.964. The van der Waals surface area contributed by atoms with Crippen LogP contribution < -0.4 is 0 Å². The van der Waals surface area contributed by atoms with Gasteiger partial charge in [-0.3, -0.25) is 4.79 Å². The first-order valence-electron chi connectivity index (χ1n) is 12.9. The minimum Gasteiger partial charge on any atom is -0.462 e. The van der Waals surface area contributed by atoms with Gasteiger partial charge in [0.1, 0.15) is 6.10 Å². The average Bonchev–Trinajstić information content (AvgIpc) is 3.23. The summed E-state index contributed by atoms with van der Waals surface area (Å²) in [5, 5.41) is 0. The number of carbonyl (C=O) groups excluding carboxylic acids is 1. The van der Waals surface area contributed by atoms with E-state index in [1.165, 1.54) is 12.8 Å². The van der Waals surface area contributed by atoms with Crippen molar-refractivity contribution in [3.8, 4) is 0 Å². The number of hydrogen-bond acceptors (Lipinski definition) is 3. The predicted molar refractivity (Wildman–Crippen MR) is 132 cm³/mol. The molecular weight excluding hydrogens is 384 g/mol. The fourth-order valence-corrected chi connectivity index (χ4v) is 5.45. The lowest BCUT2D eigenvalue weighted by molar-refractivity contribution is -0.162. The van der Waals surface area contributed by atoms with Gasteiger partial charge in [0.05, 0.1) is 18.6 Å². The Hall–Kier alpha value is -0.570. The molecule has 7 atom stereocenters. The van der Waals surface area contributed by atoms with Crippen molar-refractivity contribution in [3.05, 3.63) is 0 Å². The first-order chi connectivity index (χ1) is 14.1. The molecule has 1 heterocycles. The lowest BCUT2D eigenvalue weighted by Crippen LogP contribution is -2.39. The summed E-state index contributed by atoms with van der Waals surface area (Å²) in [6, 6.07) is 0. The van der Waals surface area contributed by atoms with Gasteiger partial charge < -0.3 is 9.47 Å². The number of rotatable bonds is 4. The average molecular weight is 439 g/mol. The van der Waals surface area contributed by atoms with Crippen molar-refractivity contribution >= 4 is 5.97 Å². The van der Waals surface area contributed by atoms with E-state index in [1.54, 1.807) is 0 Å². The van der Waals surface area contributed by atoms with Crippen molar-refractivity contribution in [1.82, 2.24) is 0 Å². The molecule has 0 aromatic heterocycles. The van der Waals surface area contributed by atoms with Crippen LogP contribution in [0.2, 0.25) is 0 Å². The Morgan fingerprint density at radius 2 is 1.52 bits per heavy atom. The fourth-order valence-electron chi connectivity index (χ4n) is 5.45. The number of esters is 1. The summed E-state index contributed by atoms with van der Waals surface area (Å²) in [7, 11) is 0. The molecule has 0 aromatic carbocycles. The summed E-state index contributed by atoms with van der Waals surface area (Å²) in [6.45, 7) is 26.9. The largest absolute Gasteiger partial charge is 0.462 e. The Morgan fingerprint density at radius 3 is 1.97 bits per heavy atom. The third-order valence-corrected chi connectivity index (χ3v) is 6.57. The lowest BCUT2D eigenvalue weighted by Gasteiger charge is -2.35. The van der Waals surface area contributed by atoms with Gasteiger partial charge in [0.25, 0.3) is 0 Å². The maximum Gasteiger partial charge on any atom is 0.309 e. The zero-order valence-electron chi connectivity index (χ0n) is 22.9. The van der Waals surface area contributed by atoms with Gasteiger partial charge in [-0.15, -0.1) is 0 Å². The number of fused-ring (bicyclic) bond motifs is 5. The van der Waals surface area contributed by atoms with Gasteiger partial charge in [0, 0.05) is 5.92 Å². The first kappa shape index (κ1) is 28.5. The van der Waals surface area contributed by atoms with Crippen LogP contribution in [0.15, 0.2) is 0 Å². The van der Waals surface area contributed by atoms with E-state index >= 15 is 0 Å². The summed E-state index contributed by atoms with van der Waals surface area (Å²) in [5.41, 5.74) is 0.465. The summed E-state index contributed by atoms with van der Waals surface area (Å²) >= 11 is 0. The van der Waals surface area contributed by atoms with E-state index in [4.69, 9.17) is 9.47 Å². The van der Waals surface area contributed by atoms with Crippen molar-refractivity contribution < 1.29 is 14.3 Å². The van der Waals surface area contributed by atoms with Gasteiger partial charge in [-0.25, -0.2) is 0 Å².